The van der Waals surface area contributed by atoms with Crippen LogP contribution in [-0.2, 0) is 14.4 Å². The molecule has 6 nitrogen and oxygen atoms in total. The van der Waals surface area contributed by atoms with Crippen molar-refractivity contribution < 1.29 is 19.5 Å². The van der Waals surface area contributed by atoms with Crippen LogP contribution < -0.4 is 5.32 Å². The first-order chi connectivity index (χ1) is 9.72. The Labute approximate surface area is 125 Å². The number of carboxylic acid groups (broad SMARTS) is 1. The summed E-state index contributed by atoms with van der Waals surface area (Å²) >= 11 is 0. The van der Waals surface area contributed by atoms with Gasteiger partial charge < -0.3 is 15.3 Å². The molecule has 1 fully saturated rings. The Balaban J connectivity index is 2.64. The number of carbonyl (C=O) groups excluding carboxylic acids is 2. The molecule has 1 rings (SSSR count). The van der Waals surface area contributed by atoms with Crippen molar-refractivity contribution in [1.82, 2.24) is 10.2 Å². The minimum absolute atomic E-state index is 0.121. The van der Waals surface area contributed by atoms with E-state index in [1.54, 1.807) is 14.1 Å². The molecule has 1 aliphatic carbocycles. The third-order valence-corrected chi connectivity index (χ3v) is 3.92. The summed E-state index contributed by atoms with van der Waals surface area (Å²) in [5.41, 5.74) is 0. The third kappa shape index (κ3) is 5.02. The summed E-state index contributed by atoms with van der Waals surface area (Å²) in [6.07, 6.45) is 2.06. The van der Waals surface area contributed by atoms with Crippen molar-refractivity contribution in [3.05, 3.63) is 0 Å². The van der Waals surface area contributed by atoms with Crippen LogP contribution in [0.2, 0.25) is 0 Å². The lowest BCUT2D eigenvalue weighted by Gasteiger charge is -2.24. The van der Waals surface area contributed by atoms with Gasteiger partial charge in [-0.15, -0.1) is 0 Å². The molecular weight excluding hydrogens is 272 g/mol. The standard InChI is InChI=1S/C15H26N2O4/c1-9(2)7-12(14(19)17(3)4)16-13(18)10-5-6-11(8-10)15(20)21/h9-12H,5-8H2,1-4H3,(H,16,18)(H,20,21). The first kappa shape index (κ1) is 17.5. The second-order valence-corrected chi connectivity index (χ2v) is 6.47. The molecule has 120 valence electrons. The molecule has 0 saturated heterocycles. The van der Waals surface area contributed by atoms with E-state index < -0.39 is 17.9 Å². The number of hydrogen-bond donors (Lipinski definition) is 2. The van der Waals surface area contributed by atoms with Crippen LogP contribution in [0, 0.1) is 17.8 Å². The second-order valence-electron chi connectivity index (χ2n) is 6.47. The summed E-state index contributed by atoms with van der Waals surface area (Å²) in [4.78, 5) is 36.8. The van der Waals surface area contributed by atoms with Gasteiger partial charge in [-0.05, 0) is 31.6 Å². The van der Waals surface area contributed by atoms with Gasteiger partial charge in [-0.3, -0.25) is 14.4 Å². The molecule has 21 heavy (non-hydrogen) atoms. The number of likely N-dealkylation sites (N-methyl/N-ethyl adjacent to an activating group) is 1. The lowest BCUT2D eigenvalue weighted by Crippen LogP contribution is -2.48. The molecule has 0 bridgehead atoms. The first-order valence-electron chi connectivity index (χ1n) is 7.46. The normalized spacial score (nSPS) is 22.9. The van der Waals surface area contributed by atoms with Crippen molar-refractivity contribution in [1.29, 1.82) is 0 Å². The molecule has 0 aromatic rings. The fraction of sp³-hybridized carbons (Fsp3) is 0.800. The maximum atomic E-state index is 12.3. The van der Waals surface area contributed by atoms with Crippen molar-refractivity contribution in [2.45, 2.75) is 45.6 Å². The van der Waals surface area contributed by atoms with Crippen molar-refractivity contribution >= 4 is 17.8 Å². The number of hydrogen-bond acceptors (Lipinski definition) is 3. The van der Waals surface area contributed by atoms with Crippen LogP contribution in [0.4, 0.5) is 0 Å². The average Bonchev–Trinajstić information content (AvgIpc) is 2.86. The van der Waals surface area contributed by atoms with E-state index in [0.717, 1.165) is 0 Å². The number of rotatable bonds is 6. The number of aliphatic carboxylic acids is 1. The van der Waals surface area contributed by atoms with Crippen LogP contribution >= 0.6 is 0 Å². The highest BCUT2D eigenvalue weighted by molar-refractivity contribution is 5.88. The Bertz CT molecular complexity index is 406. The number of nitrogens with one attached hydrogen (secondary N) is 1. The molecule has 0 heterocycles. The van der Waals surface area contributed by atoms with E-state index in [1.165, 1.54) is 4.90 Å². The quantitative estimate of drug-likeness (QED) is 0.769. The Morgan fingerprint density at radius 3 is 2.19 bits per heavy atom. The maximum absolute atomic E-state index is 12.3. The molecule has 3 unspecified atom stereocenters. The monoisotopic (exact) mass is 298 g/mol. The highest BCUT2D eigenvalue weighted by Crippen LogP contribution is 2.31. The van der Waals surface area contributed by atoms with Gasteiger partial charge in [0, 0.05) is 20.0 Å². The molecule has 1 saturated carbocycles. The van der Waals surface area contributed by atoms with Gasteiger partial charge in [-0.25, -0.2) is 0 Å². The Hall–Kier alpha value is -1.59. The lowest BCUT2D eigenvalue weighted by atomic mass is 10.00. The summed E-state index contributed by atoms with van der Waals surface area (Å²) in [5.74, 6) is -1.60. The maximum Gasteiger partial charge on any atom is 0.306 e. The van der Waals surface area contributed by atoms with Crippen molar-refractivity contribution in [2.24, 2.45) is 17.8 Å². The molecule has 3 atom stereocenters. The molecule has 0 spiro atoms. The van der Waals surface area contributed by atoms with Crippen molar-refractivity contribution in [3.8, 4) is 0 Å². The summed E-state index contributed by atoms with van der Waals surface area (Å²) in [6, 6.07) is -0.531. The van der Waals surface area contributed by atoms with Crippen LogP contribution in [0.5, 0.6) is 0 Å². The van der Waals surface area contributed by atoms with E-state index in [2.05, 4.69) is 5.32 Å². The smallest absolute Gasteiger partial charge is 0.306 e. The van der Waals surface area contributed by atoms with Gasteiger partial charge in [0.1, 0.15) is 6.04 Å². The zero-order valence-corrected chi connectivity index (χ0v) is 13.3. The topological polar surface area (TPSA) is 86.7 Å². The summed E-state index contributed by atoms with van der Waals surface area (Å²) in [7, 11) is 3.33. The van der Waals surface area contributed by atoms with E-state index in [9.17, 15) is 14.4 Å². The van der Waals surface area contributed by atoms with Crippen LogP contribution in [0.15, 0.2) is 0 Å². The molecule has 0 aromatic heterocycles. The molecule has 6 heteroatoms. The van der Waals surface area contributed by atoms with Crippen LogP contribution in [0.1, 0.15) is 39.5 Å². The van der Waals surface area contributed by atoms with Crippen molar-refractivity contribution in [3.63, 3.8) is 0 Å². The largest absolute Gasteiger partial charge is 0.481 e. The molecule has 2 amide bonds. The molecule has 1 aliphatic rings. The third-order valence-electron chi connectivity index (χ3n) is 3.92. The lowest BCUT2D eigenvalue weighted by molar-refractivity contribution is -0.141. The zero-order valence-electron chi connectivity index (χ0n) is 13.3. The molecule has 0 aromatic carbocycles. The van der Waals surface area contributed by atoms with Gasteiger partial charge in [-0.1, -0.05) is 13.8 Å². The van der Waals surface area contributed by atoms with E-state index in [0.29, 0.717) is 25.7 Å². The van der Waals surface area contributed by atoms with Gasteiger partial charge in [0.2, 0.25) is 11.8 Å². The van der Waals surface area contributed by atoms with Gasteiger partial charge >= 0.3 is 5.97 Å². The predicted octanol–water partition coefficient (Wildman–Crippen LogP) is 1.11. The van der Waals surface area contributed by atoms with E-state index in [4.69, 9.17) is 5.11 Å². The molecule has 0 aliphatic heterocycles. The minimum Gasteiger partial charge on any atom is -0.481 e. The van der Waals surface area contributed by atoms with Gasteiger partial charge in [0.15, 0.2) is 0 Å². The van der Waals surface area contributed by atoms with Crippen molar-refractivity contribution in [2.75, 3.05) is 14.1 Å². The minimum atomic E-state index is -0.839. The van der Waals surface area contributed by atoms with E-state index in [1.807, 2.05) is 13.8 Å². The number of amides is 2. The molecular formula is C15H26N2O4. The zero-order chi connectivity index (χ0) is 16.2. The number of carboxylic acids is 1. The van der Waals surface area contributed by atoms with Gasteiger partial charge in [0.25, 0.3) is 0 Å². The van der Waals surface area contributed by atoms with E-state index in [-0.39, 0.29) is 23.7 Å². The summed E-state index contributed by atoms with van der Waals surface area (Å²) in [6.45, 7) is 4.00. The SMILES string of the molecule is CC(C)CC(NC(=O)C1CCC(C(=O)O)C1)C(=O)N(C)C. The average molecular weight is 298 g/mol. The van der Waals surface area contributed by atoms with Crippen LogP contribution in [0.3, 0.4) is 0 Å². The summed E-state index contributed by atoms with van der Waals surface area (Å²) < 4.78 is 0. The molecule has 2 N–H and O–H groups in total. The van der Waals surface area contributed by atoms with Gasteiger partial charge in [-0.2, -0.15) is 0 Å². The Morgan fingerprint density at radius 2 is 1.76 bits per heavy atom. The van der Waals surface area contributed by atoms with Gasteiger partial charge in [0.05, 0.1) is 5.92 Å². The number of nitrogens with zero attached hydrogens (tertiary/aromatic N) is 1. The highest BCUT2D eigenvalue weighted by atomic mass is 16.4. The Morgan fingerprint density at radius 1 is 1.19 bits per heavy atom. The first-order valence-corrected chi connectivity index (χ1v) is 7.46. The summed E-state index contributed by atoms with van der Waals surface area (Å²) in [5, 5.41) is 11.8. The highest BCUT2D eigenvalue weighted by Gasteiger charge is 2.35. The predicted molar refractivity (Wildman–Crippen MR) is 78.5 cm³/mol. The Kier molecular flexibility index (Phi) is 6.18. The number of carbonyl (C=O) groups is 3. The van der Waals surface area contributed by atoms with Crippen LogP contribution in [-0.4, -0.2) is 47.9 Å². The van der Waals surface area contributed by atoms with E-state index >= 15 is 0 Å². The second kappa shape index (κ2) is 7.43. The van der Waals surface area contributed by atoms with Crippen LogP contribution in [0.25, 0.3) is 0 Å². The fourth-order valence-corrected chi connectivity index (χ4v) is 2.74. The molecule has 0 radical (unpaired) electrons. The fourth-order valence-electron chi connectivity index (χ4n) is 2.74.